The Morgan fingerprint density at radius 2 is 2.00 bits per heavy atom. The molecule has 124 valence electrons. The zero-order valence-electron chi connectivity index (χ0n) is 14.7. The van der Waals surface area contributed by atoms with Gasteiger partial charge in [-0.2, -0.15) is 11.8 Å². The molecular formula is C18H29NO2S. The fraction of sp³-hybridized carbons (Fsp3) is 0.611. The van der Waals surface area contributed by atoms with Crippen molar-refractivity contribution in [3.05, 3.63) is 29.3 Å². The van der Waals surface area contributed by atoms with Gasteiger partial charge in [0.2, 0.25) is 0 Å². The van der Waals surface area contributed by atoms with Crippen molar-refractivity contribution in [2.24, 2.45) is 0 Å². The predicted octanol–water partition coefficient (Wildman–Crippen LogP) is 4.11. The molecule has 0 aliphatic heterocycles. The molecule has 0 fully saturated rings. The summed E-state index contributed by atoms with van der Waals surface area (Å²) in [6.07, 6.45) is 0.229. The zero-order chi connectivity index (χ0) is 16.8. The third-order valence-corrected chi connectivity index (χ3v) is 4.47. The van der Waals surface area contributed by atoms with Crippen LogP contribution in [0.25, 0.3) is 0 Å². The molecule has 1 N–H and O–H groups in total. The molecule has 0 aliphatic carbocycles. The molecule has 0 aromatic heterocycles. The average Bonchev–Trinajstić information content (AvgIpc) is 2.41. The van der Waals surface area contributed by atoms with Gasteiger partial charge in [0, 0.05) is 17.0 Å². The fourth-order valence-corrected chi connectivity index (χ4v) is 2.87. The Labute approximate surface area is 139 Å². The molecule has 1 atom stereocenters. The topological polar surface area (TPSA) is 38.3 Å². The van der Waals surface area contributed by atoms with Crippen LogP contribution in [0.5, 0.6) is 5.75 Å². The third-order valence-electron chi connectivity index (χ3n) is 3.20. The Kier molecular flexibility index (Phi) is 7.27. The number of nitrogens with one attached hydrogen (secondary N) is 1. The van der Waals surface area contributed by atoms with Crippen LogP contribution in [0.1, 0.15) is 45.2 Å². The minimum atomic E-state index is -0.430. The maximum Gasteiger partial charge on any atom is 0.261 e. The van der Waals surface area contributed by atoms with Crippen LogP contribution >= 0.6 is 11.8 Å². The predicted molar refractivity (Wildman–Crippen MR) is 95.8 cm³/mol. The quantitative estimate of drug-likeness (QED) is 0.768. The normalized spacial score (nSPS) is 12.8. The van der Waals surface area contributed by atoms with Crippen LogP contribution in [0.4, 0.5) is 0 Å². The van der Waals surface area contributed by atoms with Crippen molar-refractivity contribution in [3.63, 3.8) is 0 Å². The van der Waals surface area contributed by atoms with E-state index in [0.717, 1.165) is 17.1 Å². The van der Waals surface area contributed by atoms with Gasteiger partial charge >= 0.3 is 0 Å². The molecule has 1 aromatic rings. The first kappa shape index (κ1) is 18.9. The summed E-state index contributed by atoms with van der Waals surface area (Å²) in [6.45, 7) is 13.2. The number of rotatable bonds is 7. The van der Waals surface area contributed by atoms with Crippen molar-refractivity contribution < 1.29 is 9.53 Å². The Morgan fingerprint density at radius 1 is 1.32 bits per heavy atom. The van der Waals surface area contributed by atoms with E-state index in [2.05, 4.69) is 32.2 Å². The van der Waals surface area contributed by atoms with E-state index in [9.17, 15) is 4.79 Å². The van der Waals surface area contributed by atoms with E-state index in [1.165, 1.54) is 5.56 Å². The molecule has 0 radical (unpaired) electrons. The highest BCUT2D eigenvalue weighted by Crippen LogP contribution is 2.22. The van der Waals surface area contributed by atoms with Gasteiger partial charge in [-0.1, -0.05) is 45.4 Å². The maximum absolute atomic E-state index is 12.2. The molecule has 4 heteroatoms. The molecule has 0 heterocycles. The molecule has 0 spiro atoms. The maximum atomic E-state index is 12.2. The van der Waals surface area contributed by atoms with Crippen molar-refractivity contribution in [1.29, 1.82) is 0 Å². The van der Waals surface area contributed by atoms with Crippen molar-refractivity contribution in [2.75, 3.05) is 12.3 Å². The van der Waals surface area contributed by atoms with Crippen molar-refractivity contribution in [1.82, 2.24) is 5.32 Å². The SMILES string of the molecule is CC[C@@H](Oc1ccc(C)cc1C)C(=O)NCCSC(C)(C)C. The van der Waals surface area contributed by atoms with Gasteiger partial charge in [-0.05, 0) is 31.9 Å². The molecule has 0 saturated carbocycles. The molecular weight excluding hydrogens is 294 g/mol. The van der Waals surface area contributed by atoms with Crippen LogP contribution < -0.4 is 10.1 Å². The van der Waals surface area contributed by atoms with E-state index in [1.54, 1.807) is 0 Å². The Morgan fingerprint density at radius 3 is 2.55 bits per heavy atom. The van der Waals surface area contributed by atoms with Gasteiger partial charge in [0.25, 0.3) is 5.91 Å². The largest absolute Gasteiger partial charge is 0.480 e. The third kappa shape index (κ3) is 6.73. The molecule has 1 rings (SSSR count). The molecule has 0 bridgehead atoms. The average molecular weight is 324 g/mol. The van der Waals surface area contributed by atoms with Crippen LogP contribution in [0.2, 0.25) is 0 Å². The van der Waals surface area contributed by atoms with Crippen LogP contribution in [-0.4, -0.2) is 29.1 Å². The molecule has 3 nitrogen and oxygen atoms in total. The summed E-state index contributed by atoms with van der Waals surface area (Å²) in [6, 6.07) is 6.02. The van der Waals surface area contributed by atoms with E-state index in [-0.39, 0.29) is 10.7 Å². The monoisotopic (exact) mass is 323 g/mol. The molecule has 0 saturated heterocycles. The van der Waals surface area contributed by atoms with Crippen molar-refractivity contribution in [3.8, 4) is 5.75 Å². The molecule has 0 aliphatic rings. The Bertz CT molecular complexity index is 494. The van der Waals surface area contributed by atoms with E-state index in [4.69, 9.17) is 4.74 Å². The van der Waals surface area contributed by atoms with Crippen molar-refractivity contribution in [2.45, 2.75) is 58.8 Å². The smallest absolute Gasteiger partial charge is 0.261 e. The number of aryl methyl sites for hydroxylation is 2. The lowest BCUT2D eigenvalue weighted by Gasteiger charge is -2.20. The number of carbonyl (C=O) groups is 1. The number of ether oxygens (including phenoxy) is 1. The summed E-state index contributed by atoms with van der Waals surface area (Å²) in [5, 5.41) is 2.97. The van der Waals surface area contributed by atoms with Gasteiger partial charge in [-0.25, -0.2) is 0 Å². The number of hydrogen-bond acceptors (Lipinski definition) is 3. The van der Waals surface area contributed by atoms with Crippen LogP contribution in [0.15, 0.2) is 18.2 Å². The second-order valence-corrected chi connectivity index (χ2v) is 8.46. The summed E-state index contributed by atoms with van der Waals surface area (Å²) in [5.74, 6) is 1.67. The molecule has 1 amide bonds. The van der Waals surface area contributed by atoms with E-state index < -0.39 is 6.10 Å². The second kappa shape index (κ2) is 8.47. The minimum Gasteiger partial charge on any atom is -0.480 e. The second-order valence-electron chi connectivity index (χ2n) is 6.54. The summed E-state index contributed by atoms with van der Waals surface area (Å²) in [4.78, 5) is 12.2. The lowest BCUT2D eigenvalue weighted by molar-refractivity contribution is -0.128. The van der Waals surface area contributed by atoms with Gasteiger partial charge in [0.05, 0.1) is 0 Å². The first-order valence-corrected chi connectivity index (χ1v) is 8.87. The summed E-state index contributed by atoms with van der Waals surface area (Å²) < 4.78 is 6.12. The number of thioether (sulfide) groups is 1. The van der Waals surface area contributed by atoms with Crippen LogP contribution in [-0.2, 0) is 4.79 Å². The van der Waals surface area contributed by atoms with Gasteiger partial charge in [0.1, 0.15) is 5.75 Å². The van der Waals surface area contributed by atoms with E-state index >= 15 is 0 Å². The summed E-state index contributed by atoms with van der Waals surface area (Å²) in [5.41, 5.74) is 2.26. The lowest BCUT2D eigenvalue weighted by Crippen LogP contribution is -2.39. The lowest BCUT2D eigenvalue weighted by atomic mass is 10.1. The fourth-order valence-electron chi connectivity index (χ4n) is 2.05. The number of hydrogen-bond donors (Lipinski definition) is 1. The van der Waals surface area contributed by atoms with Gasteiger partial charge < -0.3 is 10.1 Å². The number of benzene rings is 1. The van der Waals surface area contributed by atoms with E-state index in [0.29, 0.717) is 13.0 Å². The van der Waals surface area contributed by atoms with Crippen LogP contribution in [0.3, 0.4) is 0 Å². The van der Waals surface area contributed by atoms with E-state index in [1.807, 2.05) is 44.7 Å². The van der Waals surface area contributed by atoms with Crippen molar-refractivity contribution >= 4 is 17.7 Å². The standard InChI is InChI=1S/C18H29NO2S/c1-7-15(17(20)19-10-11-22-18(4,5)6)21-16-9-8-13(2)12-14(16)3/h8-9,12,15H,7,10-11H2,1-6H3,(H,19,20)/t15-/m1/s1. The molecule has 1 aromatic carbocycles. The first-order valence-electron chi connectivity index (χ1n) is 7.88. The highest BCUT2D eigenvalue weighted by Gasteiger charge is 2.19. The van der Waals surface area contributed by atoms with Crippen LogP contribution in [0, 0.1) is 13.8 Å². The highest BCUT2D eigenvalue weighted by atomic mass is 32.2. The Balaban J connectivity index is 2.51. The number of carbonyl (C=O) groups excluding carboxylic acids is 1. The highest BCUT2D eigenvalue weighted by molar-refractivity contribution is 8.00. The van der Waals surface area contributed by atoms with Gasteiger partial charge in [-0.3, -0.25) is 4.79 Å². The Hall–Kier alpha value is -1.16. The molecule has 22 heavy (non-hydrogen) atoms. The summed E-state index contributed by atoms with van der Waals surface area (Å²) >= 11 is 1.85. The first-order chi connectivity index (χ1) is 10.2. The summed E-state index contributed by atoms with van der Waals surface area (Å²) in [7, 11) is 0. The van der Waals surface area contributed by atoms with Gasteiger partial charge in [-0.15, -0.1) is 0 Å². The minimum absolute atomic E-state index is 0.0306. The zero-order valence-corrected chi connectivity index (χ0v) is 15.5. The number of amides is 1. The van der Waals surface area contributed by atoms with Gasteiger partial charge in [0.15, 0.2) is 6.10 Å². The molecule has 0 unspecified atom stereocenters.